The third kappa shape index (κ3) is 4.36. The van der Waals surface area contributed by atoms with E-state index in [4.69, 9.17) is 15.2 Å². The van der Waals surface area contributed by atoms with Gasteiger partial charge in [0, 0.05) is 23.4 Å². The number of carbonyl (C=O) groups is 2. The van der Waals surface area contributed by atoms with Crippen molar-refractivity contribution in [2.75, 3.05) is 11.9 Å². The highest BCUT2D eigenvalue weighted by Gasteiger charge is 2.51. The predicted molar refractivity (Wildman–Crippen MR) is 110 cm³/mol. The maximum absolute atomic E-state index is 14.5. The molecule has 3 N–H and O–H groups in total. The minimum absolute atomic E-state index is 0.00498. The van der Waals surface area contributed by atoms with Crippen LogP contribution in [0, 0.1) is 17.6 Å². The topological polar surface area (TPSA) is 104 Å². The second-order valence-corrected chi connectivity index (χ2v) is 7.95. The van der Waals surface area contributed by atoms with E-state index in [0.717, 1.165) is 6.07 Å². The fourth-order valence-electron chi connectivity index (χ4n) is 3.81. The number of pyridine rings is 1. The van der Waals surface area contributed by atoms with Crippen molar-refractivity contribution in [3.63, 3.8) is 0 Å². The van der Waals surface area contributed by atoms with E-state index in [2.05, 4.69) is 10.3 Å². The fourth-order valence-corrected chi connectivity index (χ4v) is 3.81. The third-order valence-electron chi connectivity index (χ3n) is 5.66. The van der Waals surface area contributed by atoms with Gasteiger partial charge in [-0.25, -0.2) is 4.39 Å². The summed E-state index contributed by atoms with van der Waals surface area (Å²) >= 11 is 0. The van der Waals surface area contributed by atoms with Crippen LogP contribution in [0.15, 0.2) is 30.5 Å². The standard InChI is InChI=1S/C22H25F2N3O4/c1-5-30-18-13(6-7-14(23)17(18)24)16-11(2)22(3,4)31-19(16)21(29)27-12-8-9-26-15(10-12)20(25)28/h6-11,16,19H,5H2,1-4H3,(H2,25,28)(H,26,27,29)/t11-,16-,19+/m0/s1. The monoisotopic (exact) mass is 433 g/mol. The SMILES string of the molecule is CCOc1c([C@H]2[C@H](C(=O)Nc3ccnc(C(N)=O)c3)OC(C)(C)[C@H]2C)ccc(F)c1F. The number of benzene rings is 1. The summed E-state index contributed by atoms with van der Waals surface area (Å²) in [6, 6.07) is 5.30. The summed E-state index contributed by atoms with van der Waals surface area (Å²) in [6.45, 7) is 7.33. The second-order valence-electron chi connectivity index (χ2n) is 7.95. The Kier molecular flexibility index (Phi) is 6.26. The molecule has 166 valence electrons. The quantitative estimate of drug-likeness (QED) is 0.727. The molecule has 1 aliphatic rings. The van der Waals surface area contributed by atoms with Crippen LogP contribution >= 0.6 is 0 Å². The Hall–Kier alpha value is -3.07. The van der Waals surface area contributed by atoms with E-state index >= 15 is 0 Å². The number of halogens is 2. The molecular weight excluding hydrogens is 408 g/mol. The zero-order chi connectivity index (χ0) is 22.9. The van der Waals surface area contributed by atoms with Crippen LogP contribution in [0.25, 0.3) is 0 Å². The predicted octanol–water partition coefficient (Wildman–Crippen LogP) is 3.39. The number of nitrogens with one attached hydrogen (secondary N) is 1. The van der Waals surface area contributed by atoms with Gasteiger partial charge in [-0.05, 0) is 44.9 Å². The van der Waals surface area contributed by atoms with Crippen molar-refractivity contribution in [1.29, 1.82) is 0 Å². The largest absolute Gasteiger partial charge is 0.490 e. The lowest BCUT2D eigenvalue weighted by Gasteiger charge is -2.26. The molecule has 0 radical (unpaired) electrons. The van der Waals surface area contributed by atoms with Gasteiger partial charge in [0.15, 0.2) is 11.6 Å². The normalized spacial score (nSPS) is 22.2. The van der Waals surface area contributed by atoms with Gasteiger partial charge in [-0.3, -0.25) is 14.6 Å². The molecule has 3 atom stereocenters. The van der Waals surface area contributed by atoms with E-state index in [-0.39, 0.29) is 24.0 Å². The van der Waals surface area contributed by atoms with Gasteiger partial charge in [-0.15, -0.1) is 0 Å². The van der Waals surface area contributed by atoms with Gasteiger partial charge >= 0.3 is 0 Å². The lowest BCUT2D eigenvalue weighted by Crippen LogP contribution is -2.33. The van der Waals surface area contributed by atoms with Gasteiger partial charge in [0.2, 0.25) is 5.82 Å². The average Bonchev–Trinajstić information content (AvgIpc) is 2.96. The number of anilines is 1. The highest BCUT2D eigenvalue weighted by atomic mass is 19.2. The molecule has 2 aromatic rings. The zero-order valence-electron chi connectivity index (χ0n) is 17.7. The Morgan fingerprint density at radius 2 is 2.00 bits per heavy atom. The van der Waals surface area contributed by atoms with Crippen LogP contribution in [0.1, 0.15) is 49.7 Å². The number of nitrogens with zero attached hydrogens (tertiary/aromatic N) is 1. The highest BCUT2D eigenvalue weighted by Crippen LogP contribution is 2.49. The lowest BCUT2D eigenvalue weighted by molar-refractivity contribution is -0.131. The molecule has 31 heavy (non-hydrogen) atoms. The first-order valence-corrected chi connectivity index (χ1v) is 9.92. The van der Waals surface area contributed by atoms with Crippen molar-refractivity contribution in [3.05, 3.63) is 53.4 Å². The van der Waals surface area contributed by atoms with Gasteiger partial charge < -0.3 is 20.5 Å². The zero-order valence-corrected chi connectivity index (χ0v) is 17.7. The van der Waals surface area contributed by atoms with Crippen molar-refractivity contribution < 1.29 is 27.8 Å². The summed E-state index contributed by atoms with van der Waals surface area (Å²) in [5.41, 5.74) is 5.17. The number of aromatic nitrogens is 1. The molecule has 3 rings (SSSR count). The Bertz CT molecular complexity index is 1010. The van der Waals surface area contributed by atoms with E-state index in [1.54, 1.807) is 6.92 Å². The number of ether oxygens (including phenoxy) is 2. The minimum atomic E-state index is -1.10. The average molecular weight is 433 g/mol. The molecule has 9 heteroatoms. The molecule has 2 amide bonds. The Morgan fingerprint density at radius 3 is 2.65 bits per heavy atom. The summed E-state index contributed by atoms with van der Waals surface area (Å²) in [5.74, 6) is -4.43. The number of hydrogen-bond donors (Lipinski definition) is 2. The van der Waals surface area contributed by atoms with Crippen molar-refractivity contribution in [1.82, 2.24) is 4.98 Å². The number of amides is 2. The van der Waals surface area contributed by atoms with Crippen molar-refractivity contribution in [2.45, 2.75) is 45.3 Å². The molecule has 0 spiro atoms. The van der Waals surface area contributed by atoms with Crippen molar-refractivity contribution in [3.8, 4) is 5.75 Å². The van der Waals surface area contributed by atoms with Crippen LogP contribution < -0.4 is 15.8 Å². The first-order chi connectivity index (χ1) is 14.6. The molecule has 0 aliphatic carbocycles. The summed E-state index contributed by atoms with van der Waals surface area (Å²) in [6.07, 6.45) is 0.330. The van der Waals surface area contributed by atoms with Crippen LogP contribution in [0.5, 0.6) is 5.75 Å². The molecule has 1 aliphatic heterocycles. The Balaban J connectivity index is 1.99. The fraction of sp³-hybridized carbons (Fsp3) is 0.409. The van der Waals surface area contributed by atoms with E-state index in [1.165, 1.54) is 24.4 Å². The first-order valence-electron chi connectivity index (χ1n) is 9.92. The van der Waals surface area contributed by atoms with Crippen LogP contribution in [0.4, 0.5) is 14.5 Å². The summed E-state index contributed by atoms with van der Waals surface area (Å²) in [5, 5.41) is 2.69. The van der Waals surface area contributed by atoms with E-state index in [0.29, 0.717) is 11.3 Å². The maximum Gasteiger partial charge on any atom is 0.267 e. The first kappa shape index (κ1) is 22.6. The third-order valence-corrected chi connectivity index (χ3v) is 5.66. The lowest BCUT2D eigenvalue weighted by atomic mass is 9.78. The summed E-state index contributed by atoms with van der Waals surface area (Å²) < 4.78 is 39.8. The van der Waals surface area contributed by atoms with Gasteiger partial charge in [-0.2, -0.15) is 4.39 Å². The van der Waals surface area contributed by atoms with Crippen LogP contribution in [0.3, 0.4) is 0 Å². The van der Waals surface area contributed by atoms with Crippen molar-refractivity contribution in [2.24, 2.45) is 11.7 Å². The molecule has 1 aromatic heterocycles. The van der Waals surface area contributed by atoms with Crippen LogP contribution in [0.2, 0.25) is 0 Å². The smallest absolute Gasteiger partial charge is 0.267 e. The number of primary amides is 1. The number of hydrogen-bond acceptors (Lipinski definition) is 5. The second kappa shape index (κ2) is 8.58. The van der Waals surface area contributed by atoms with E-state index < -0.39 is 41.1 Å². The molecule has 0 saturated carbocycles. The Labute approximate surface area is 178 Å². The summed E-state index contributed by atoms with van der Waals surface area (Å²) in [7, 11) is 0. The molecular formula is C22H25F2N3O4. The van der Waals surface area contributed by atoms with Gasteiger partial charge in [0.25, 0.3) is 11.8 Å². The molecule has 2 heterocycles. The maximum atomic E-state index is 14.5. The highest BCUT2D eigenvalue weighted by molar-refractivity contribution is 5.97. The number of nitrogens with two attached hydrogens (primary N) is 1. The number of rotatable bonds is 6. The van der Waals surface area contributed by atoms with Gasteiger partial charge in [-0.1, -0.05) is 13.0 Å². The Morgan fingerprint density at radius 1 is 1.29 bits per heavy atom. The molecule has 1 fully saturated rings. The van der Waals surface area contributed by atoms with Crippen LogP contribution in [-0.4, -0.2) is 35.1 Å². The van der Waals surface area contributed by atoms with Gasteiger partial charge in [0.05, 0.1) is 12.2 Å². The number of carbonyl (C=O) groups excluding carboxylic acids is 2. The molecule has 1 aromatic carbocycles. The summed E-state index contributed by atoms with van der Waals surface area (Å²) in [4.78, 5) is 28.4. The molecule has 1 saturated heterocycles. The minimum Gasteiger partial charge on any atom is -0.490 e. The van der Waals surface area contributed by atoms with Crippen LogP contribution in [-0.2, 0) is 9.53 Å². The van der Waals surface area contributed by atoms with E-state index in [9.17, 15) is 18.4 Å². The van der Waals surface area contributed by atoms with E-state index in [1.807, 2.05) is 20.8 Å². The molecule has 7 nitrogen and oxygen atoms in total. The van der Waals surface area contributed by atoms with Gasteiger partial charge in [0.1, 0.15) is 11.8 Å². The molecule has 0 bridgehead atoms. The molecule has 0 unspecified atom stereocenters. The van der Waals surface area contributed by atoms with Crippen molar-refractivity contribution >= 4 is 17.5 Å².